The van der Waals surface area contributed by atoms with Gasteiger partial charge in [-0.25, -0.2) is 0 Å². The Bertz CT molecular complexity index is 1030. The van der Waals surface area contributed by atoms with Gasteiger partial charge < -0.3 is 24.8 Å². The molecule has 0 aromatic heterocycles. The number of anilines is 2. The summed E-state index contributed by atoms with van der Waals surface area (Å²) in [6.07, 6.45) is 0. The molecule has 0 saturated heterocycles. The Morgan fingerprint density at radius 1 is 0.903 bits per heavy atom. The van der Waals surface area contributed by atoms with E-state index in [0.29, 0.717) is 18.0 Å². The van der Waals surface area contributed by atoms with Crippen LogP contribution in [0.2, 0.25) is 0 Å². The zero-order valence-corrected chi connectivity index (χ0v) is 18.3. The second-order valence-corrected chi connectivity index (χ2v) is 7.15. The summed E-state index contributed by atoms with van der Waals surface area (Å²) in [5.41, 5.74) is 4.98. The van der Waals surface area contributed by atoms with Gasteiger partial charge in [0.1, 0.15) is 5.75 Å². The summed E-state index contributed by atoms with van der Waals surface area (Å²) in [5.74, 6) is 1.69. The van der Waals surface area contributed by atoms with E-state index in [-0.39, 0.29) is 12.5 Å². The van der Waals surface area contributed by atoms with Gasteiger partial charge in [-0.15, -0.1) is 0 Å². The number of carbonyl (C=O) groups excluding carboxylic acids is 1. The van der Waals surface area contributed by atoms with Crippen LogP contribution in [0.3, 0.4) is 0 Å². The average Bonchev–Trinajstić information content (AvgIpc) is 2.80. The largest absolute Gasteiger partial charge is 0.497 e. The minimum absolute atomic E-state index is 0.104. The molecule has 0 heterocycles. The summed E-state index contributed by atoms with van der Waals surface area (Å²) in [4.78, 5) is 12.3. The number of methoxy groups -OCH3 is 2. The first-order chi connectivity index (χ1) is 15.0. The molecule has 1 amide bonds. The minimum atomic E-state index is -0.221. The van der Waals surface area contributed by atoms with E-state index in [2.05, 4.69) is 10.6 Å². The Labute approximate surface area is 183 Å². The van der Waals surface area contributed by atoms with E-state index in [9.17, 15) is 4.79 Å². The lowest BCUT2D eigenvalue weighted by molar-refractivity contribution is -0.118. The van der Waals surface area contributed by atoms with Crippen molar-refractivity contribution in [2.75, 3.05) is 31.5 Å². The molecule has 0 spiro atoms. The number of benzene rings is 3. The third-order valence-corrected chi connectivity index (χ3v) is 5.05. The van der Waals surface area contributed by atoms with Gasteiger partial charge >= 0.3 is 0 Å². The summed E-state index contributed by atoms with van der Waals surface area (Å²) in [6, 6.07) is 19.2. The molecule has 0 atom stereocenters. The normalized spacial score (nSPS) is 10.3. The van der Waals surface area contributed by atoms with Crippen molar-refractivity contribution in [1.82, 2.24) is 0 Å². The van der Waals surface area contributed by atoms with Crippen LogP contribution in [0.4, 0.5) is 11.4 Å². The molecule has 0 saturated carbocycles. The first kappa shape index (κ1) is 22.0. The number of carbonyl (C=O) groups is 1. The fourth-order valence-corrected chi connectivity index (χ4v) is 3.07. The van der Waals surface area contributed by atoms with E-state index >= 15 is 0 Å². The van der Waals surface area contributed by atoms with E-state index in [1.165, 1.54) is 0 Å². The summed E-state index contributed by atoms with van der Waals surface area (Å²) in [6.45, 7) is 4.51. The lowest BCUT2D eigenvalue weighted by Crippen LogP contribution is -2.21. The molecule has 3 aromatic carbocycles. The molecule has 0 bridgehead atoms. The van der Waals surface area contributed by atoms with Crippen molar-refractivity contribution >= 4 is 17.3 Å². The predicted octanol–water partition coefficient (Wildman–Crippen LogP) is 4.95. The Hall–Kier alpha value is -3.67. The molecule has 3 rings (SSSR count). The van der Waals surface area contributed by atoms with Gasteiger partial charge in [0, 0.05) is 17.9 Å². The maximum atomic E-state index is 12.3. The van der Waals surface area contributed by atoms with Crippen molar-refractivity contribution in [3.8, 4) is 17.2 Å². The summed E-state index contributed by atoms with van der Waals surface area (Å²) in [7, 11) is 3.23. The zero-order chi connectivity index (χ0) is 22.2. The lowest BCUT2D eigenvalue weighted by atomic mass is 10.1. The van der Waals surface area contributed by atoms with E-state index in [4.69, 9.17) is 14.2 Å². The van der Waals surface area contributed by atoms with Crippen LogP contribution in [0.5, 0.6) is 17.2 Å². The smallest absolute Gasteiger partial charge is 0.262 e. The highest BCUT2D eigenvalue weighted by atomic mass is 16.5. The Morgan fingerprint density at radius 2 is 1.68 bits per heavy atom. The molecular formula is C25H28N2O4. The van der Waals surface area contributed by atoms with Gasteiger partial charge in [0.25, 0.3) is 5.91 Å². The molecule has 0 aliphatic carbocycles. The van der Waals surface area contributed by atoms with Crippen LogP contribution in [-0.4, -0.2) is 26.7 Å². The molecule has 162 valence electrons. The third kappa shape index (κ3) is 5.92. The molecular weight excluding hydrogens is 392 g/mol. The minimum Gasteiger partial charge on any atom is -0.497 e. The number of ether oxygens (including phenoxy) is 3. The molecule has 31 heavy (non-hydrogen) atoms. The number of nitrogens with one attached hydrogen (secondary N) is 2. The van der Waals surface area contributed by atoms with Gasteiger partial charge in [-0.3, -0.25) is 4.79 Å². The van der Waals surface area contributed by atoms with Crippen LogP contribution in [0.15, 0.2) is 60.7 Å². The first-order valence-corrected chi connectivity index (χ1v) is 10.0. The van der Waals surface area contributed by atoms with Crippen LogP contribution >= 0.6 is 0 Å². The maximum absolute atomic E-state index is 12.3. The standard InChI is InChI=1S/C25H28N2O4/c1-17-6-5-7-22(18(17)2)27-25(28)16-31-23-13-8-19(14-24(23)30-4)15-26-20-9-11-21(29-3)12-10-20/h5-14,26H,15-16H2,1-4H3,(H,27,28). The van der Waals surface area contributed by atoms with Crippen molar-refractivity contribution < 1.29 is 19.0 Å². The average molecular weight is 421 g/mol. The van der Waals surface area contributed by atoms with E-state index in [0.717, 1.165) is 33.8 Å². The molecule has 2 N–H and O–H groups in total. The first-order valence-electron chi connectivity index (χ1n) is 10.0. The summed E-state index contributed by atoms with van der Waals surface area (Å²) < 4.78 is 16.3. The van der Waals surface area contributed by atoms with Crippen LogP contribution in [0.1, 0.15) is 16.7 Å². The number of aryl methyl sites for hydroxylation is 1. The summed E-state index contributed by atoms with van der Waals surface area (Å²) in [5, 5.41) is 6.25. The van der Waals surface area contributed by atoms with Crippen LogP contribution in [-0.2, 0) is 11.3 Å². The van der Waals surface area contributed by atoms with Gasteiger partial charge in [0.05, 0.1) is 14.2 Å². The van der Waals surface area contributed by atoms with Crippen LogP contribution < -0.4 is 24.8 Å². The van der Waals surface area contributed by atoms with Crippen molar-refractivity contribution in [2.24, 2.45) is 0 Å². The lowest BCUT2D eigenvalue weighted by Gasteiger charge is -2.14. The highest BCUT2D eigenvalue weighted by Gasteiger charge is 2.10. The predicted molar refractivity (Wildman–Crippen MR) is 123 cm³/mol. The number of rotatable bonds is 9. The van der Waals surface area contributed by atoms with Crippen LogP contribution in [0, 0.1) is 13.8 Å². The second kappa shape index (κ2) is 10.4. The van der Waals surface area contributed by atoms with E-state index in [1.807, 2.05) is 74.5 Å². The second-order valence-electron chi connectivity index (χ2n) is 7.15. The highest BCUT2D eigenvalue weighted by Crippen LogP contribution is 2.28. The molecule has 3 aromatic rings. The van der Waals surface area contributed by atoms with Gasteiger partial charge in [-0.05, 0) is 73.0 Å². The number of hydrogen-bond donors (Lipinski definition) is 2. The molecule has 0 radical (unpaired) electrons. The van der Waals surface area contributed by atoms with Crippen LogP contribution in [0.25, 0.3) is 0 Å². The van der Waals surface area contributed by atoms with Gasteiger partial charge in [0.2, 0.25) is 0 Å². The quantitative estimate of drug-likeness (QED) is 0.513. The number of amides is 1. The zero-order valence-electron chi connectivity index (χ0n) is 18.3. The van der Waals surface area contributed by atoms with Gasteiger partial charge in [-0.1, -0.05) is 18.2 Å². The molecule has 0 aliphatic heterocycles. The number of hydrogen-bond acceptors (Lipinski definition) is 5. The topological polar surface area (TPSA) is 68.8 Å². The third-order valence-electron chi connectivity index (χ3n) is 5.05. The molecule has 6 heteroatoms. The SMILES string of the molecule is COc1ccc(NCc2ccc(OCC(=O)Nc3cccc(C)c3C)c(OC)c2)cc1. The summed E-state index contributed by atoms with van der Waals surface area (Å²) >= 11 is 0. The van der Waals surface area contributed by atoms with E-state index < -0.39 is 0 Å². The highest BCUT2D eigenvalue weighted by molar-refractivity contribution is 5.92. The van der Waals surface area contributed by atoms with Crippen molar-refractivity contribution in [3.05, 3.63) is 77.4 Å². The maximum Gasteiger partial charge on any atom is 0.262 e. The van der Waals surface area contributed by atoms with Crippen molar-refractivity contribution in [1.29, 1.82) is 0 Å². The molecule has 0 unspecified atom stereocenters. The van der Waals surface area contributed by atoms with E-state index in [1.54, 1.807) is 14.2 Å². The Balaban J connectivity index is 1.57. The Morgan fingerprint density at radius 3 is 2.39 bits per heavy atom. The molecule has 0 aliphatic rings. The monoisotopic (exact) mass is 420 g/mol. The van der Waals surface area contributed by atoms with Crippen molar-refractivity contribution in [2.45, 2.75) is 20.4 Å². The van der Waals surface area contributed by atoms with Gasteiger partial charge in [0.15, 0.2) is 18.1 Å². The van der Waals surface area contributed by atoms with Crippen molar-refractivity contribution in [3.63, 3.8) is 0 Å². The van der Waals surface area contributed by atoms with Gasteiger partial charge in [-0.2, -0.15) is 0 Å². The Kier molecular flexibility index (Phi) is 7.38. The molecule has 6 nitrogen and oxygen atoms in total. The fourth-order valence-electron chi connectivity index (χ4n) is 3.07. The fraction of sp³-hybridized carbons (Fsp3) is 0.240. The molecule has 0 fully saturated rings.